The molecule has 0 aliphatic heterocycles. The molecular formula is C9H19N. The van der Waals surface area contributed by atoms with Crippen LogP contribution in [0.2, 0.25) is 0 Å². The summed E-state index contributed by atoms with van der Waals surface area (Å²) < 4.78 is 0. The number of hydrogen-bond donors (Lipinski definition) is 1. The molecule has 1 unspecified atom stereocenters. The molecule has 10 heavy (non-hydrogen) atoms. The van der Waals surface area contributed by atoms with Gasteiger partial charge in [-0.2, -0.15) is 0 Å². The normalized spacial score (nSPS) is 38.4. The average molecular weight is 141 g/mol. The van der Waals surface area contributed by atoms with Crippen LogP contribution in [0.4, 0.5) is 0 Å². The van der Waals surface area contributed by atoms with Crippen molar-refractivity contribution < 1.29 is 0 Å². The van der Waals surface area contributed by atoms with Crippen LogP contribution in [-0.4, -0.2) is 13.1 Å². The zero-order valence-electron chi connectivity index (χ0n) is 7.57. The fourth-order valence-corrected chi connectivity index (χ4v) is 1.94. The van der Waals surface area contributed by atoms with Crippen LogP contribution in [0.1, 0.15) is 33.6 Å². The highest BCUT2D eigenvalue weighted by Gasteiger charge is 2.37. The van der Waals surface area contributed by atoms with Crippen LogP contribution in [0.5, 0.6) is 0 Å². The lowest BCUT2D eigenvalue weighted by atomic mass is 9.82. The Labute approximate surface area is 64.2 Å². The van der Waals surface area contributed by atoms with E-state index in [4.69, 9.17) is 0 Å². The summed E-state index contributed by atoms with van der Waals surface area (Å²) in [5, 5.41) is 3.37. The van der Waals surface area contributed by atoms with Gasteiger partial charge in [-0.15, -0.1) is 0 Å². The highest BCUT2D eigenvalue weighted by molar-refractivity contribution is 4.91. The molecule has 1 aliphatic rings. The second kappa shape index (κ2) is 2.54. The molecule has 0 spiro atoms. The molecule has 0 bridgehead atoms. The van der Waals surface area contributed by atoms with Gasteiger partial charge in [-0.3, -0.25) is 0 Å². The van der Waals surface area contributed by atoms with Gasteiger partial charge in [0.1, 0.15) is 0 Å². The zero-order chi connectivity index (χ0) is 7.78. The van der Waals surface area contributed by atoms with Crippen LogP contribution in [0.25, 0.3) is 0 Å². The van der Waals surface area contributed by atoms with Gasteiger partial charge in [0, 0.05) is 6.04 Å². The molecule has 0 saturated heterocycles. The van der Waals surface area contributed by atoms with E-state index in [1.54, 1.807) is 0 Å². The SMILES string of the molecule is CNC1CCC(C)(C)[C@@H]1C. The van der Waals surface area contributed by atoms with Gasteiger partial charge >= 0.3 is 0 Å². The van der Waals surface area contributed by atoms with E-state index < -0.39 is 0 Å². The number of hydrogen-bond acceptors (Lipinski definition) is 1. The summed E-state index contributed by atoms with van der Waals surface area (Å²) in [6, 6.07) is 0.759. The highest BCUT2D eigenvalue weighted by atomic mass is 14.9. The Morgan fingerprint density at radius 1 is 1.40 bits per heavy atom. The average Bonchev–Trinajstić information content (AvgIpc) is 2.10. The first-order valence-electron chi connectivity index (χ1n) is 4.25. The Kier molecular flexibility index (Phi) is 2.04. The number of rotatable bonds is 1. The molecule has 60 valence electrons. The molecule has 0 amide bonds. The Bertz CT molecular complexity index is 118. The molecule has 0 aromatic heterocycles. The molecule has 1 heteroatoms. The van der Waals surface area contributed by atoms with E-state index in [-0.39, 0.29) is 0 Å². The lowest BCUT2D eigenvalue weighted by molar-refractivity contribution is 0.255. The first-order valence-corrected chi connectivity index (χ1v) is 4.25. The van der Waals surface area contributed by atoms with Gasteiger partial charge in [0.25, 0.3) is 0 Å². The quantitative estimate of drug-likeness (QED) is 0.589. The molecule has 1 nitrogen and oxygen atoms in total. The maximum atomic E-state index is 3.37. The summed E-state index contributed by atoms with van der Waals surface area (Å²) in [5.41, 5.74) is 0.563. The Balaban J connectivity index is 2.58. The van der Waals surface area contributed by atoms with Gasteiger partial charge in [-0.05, 0) is 31.2 Å². The minimum Gasteiger partial charge on any atom is -0.317 e. The molecule has 0 aromatic rings. The Morgan fingerprint density at radius 2 is 2.00 bits per heavy atom. The van der Waals surface area contributed by atoms with Crippen LogP contribution < -0.4 is 5.32 Å². The Morgan fingerprint density at radius 3 is 2.20 bits per heavy atom. The van der Waals surface area contributed by atoms with Crippen molar-refractivity contribution in [1.82, 2.24) is 5.32 Å². The van der Waals surface area contributed by atoms with Gasteiger partial charge in [0.15, 0.2) is 0 Å². The van der Waals surface area contributed by atoms with Crippen molar-refractivity contribution in [3.8, 4) is 0 Å². The smallest absolute Gasteiger partial charge is 0.00949 e. The van der Waals surface area contributed by atoms with Gasteiger partial charge in [0.2, 0.25) is 0 Å². The van der Waals surface area contributed by atoms with Gasteiger partial charge in [0.05, 0.1) is 0 Å². The van der Waals surface area contributed by atoms with Crippen molar-refractivity contribution in [2.45, 2.75) is 39.7 Å². The van der Waals surface area contributed by atoms with Crippen LogP contribution in [-0.2, 0) is 0 Å². The van der Waals surface area contributed by atoms with E-state index in [9.17, 15) is 0 Å². The predicted molar refractivity (Wildman–Crippen MR) is 45.0 cm³/mol. The minimum absolute atomic E-state index is 0.563. The summed E-state index contributed by atoms with van der Waals surface area (Å²) in [6.07, 6.45) is 2.73. The molecule has 0 radical (unpaired) electrons. The third kappa shape index (κ3) is 1.20. The maximum absolute atomic E-state index is 3.37. The van der Waals surface area contributed by atoms with Crippen molar-refractivity contribution in [3.05, 3.63) is 0 Å². The topological polar surface area (TPSA) is 12.0 Å². The van der Waals surface area contributed by atoms with E-state index in [1.165, 1.54) is 12.8 Å². The van der Waals surface area contributed by atoms with Gasteiger partial charge in [-0.1, -0.05) is 20.8 Å². The van der Waals surface area contributed by atoms with Crippen LogP contribution in [0, 0.1) is 11.3 Å². The molecule has 0 heterocycles. The summed E-state index contributed by atoms with van der Waals surface area (Å²) in [6.45, 7) is 7.10. The van der Waals surface area contributed by atoms with Crippen molar-refractivity contribution in [3.63, 3.8) is 0 Å². The second-order valence-electron chi connectivity index (χ2n) is 4.21. The van der Waals surface area contributed by atoms with Crippen molar-refractivity contribution >= 4 is 0 Å². The zero-order valence-corrected chi connectivity index (χ0v) is 7.57. The van der Waals surface area contributed by atoms with E-state index in [2.05, 4.69) is 33.1 Å². The predicted octanol–water partition coefficient (Wildman–Crippen LogP) is 2.03. The second-order valence-corrected chi connectivity index (χ2v) is 4.21. The first kappa shape index (κ1) is 8.06. The summed E-state index contributed by atoms with van der Waals surface area (Å²) in [4.78, 5) is 0. The molecule has 2 atom stereocenters. The lowest BCUT2D eigenvalue weighted by Crippen LogP contribution is -2.31. The van der Waals surface area contributed by atoms with E-state index >= 15 is 0 Å². The first-order chi connectivity index (χ1) is 4.58. The molecule has 1 N–H and O–H groups in total. The molecule has 1 saturated carbocycles. The third-order valence-corrected chi connectivity index (χ3v) is 3.31. The van der Waals surface area contributed by atoms with Crippen LogP contribution in [0.15, 0.2) is 0 Å². The molecular weight excluding hydrogens is 122 g/mol. The monoisotopic (exact) mass is 141 g/mol. The van der Waals surface area contributed by atoms with Crippen LogP contribution >= 0.6 is 0 Å². The fourth-order valence-electron chi connectivity index (χ4n) is 1.94. The Hall–Kier alpha value is -0.0400. The minimum atomic E-state index is 0.563. The molecule has 1 fully saturated rings. The van der Waals surface area contributed by atoms with Crippen molar-refractivity contribution in [2.75, 3.05) is 7.05 Å². The van der Waals surface area contributed by atoms with E-state index in [0.29, 0.717) is 5.41 Å². The standard InChI is InChI=1S/C9H19N/c1-7-8(10-4)5-6-9(7,2)3/h7-8,10H,5-6H2,1-4H3/t7-,8?/m1/s1. The highest BCUT2D eigenvalue weighted by Crippen LogP contribution is 2.41. The van der Waals surface area contributed by atoms with Gasteiger partial charge < -0.3 is 5.32 Å². The van der Waals surface area contributed by atoms with E-state index in [0.717, 1.165) is 12.0 Å². The number of nitrogens with one attached hydrogen (secondary N) is 1. The molecule has 1 aliphatic carbocycles. The third-order valence-electron chi connectivity index (χ3n) is 3.31. The summed E-state index contributed by atoms with van der Waals surface area (Å²) >= 11 is 0. The molecule has 0 aromatic carbocycles. The summed E-state index contributed by atoms with van der Waals surface area (Å²) in [5.74, 6) is 0.831. The lowest BCUT2D eigenvalue weighted by Gasteiger charge is -2.26. The van der Waals surface area contributed by atoms with Crippen LogP contribution in [0.3, 0.4) is 0 Å². The summed E-state index contributed by atoms with van der Waals surface area (Å²) in [7, 11) is 2.07. The molecule has 1 rings (SSSR count). The largest absolute Gasteiger partial charge is 0.317 e. The van der Waals surface area contributed by atoms with Crippen molar-refractivity contribution in [1.29, 1.82) is 0 Å². The maximum Gasteiger partial charge on any atom is 0.00949 e. The fraction of sp³-hybridized carbons (Fsp3) is 1.00. The van der Waals surface area contributed by atoms with Crippen molar-refractivity contribution in [2.24, 2.45) is 11.3 Å². The van der Waals surface area contributed by atoms with Gasteiger partial charge in [-0.25, -0.2) is 0 Å². The van der Waals surface area contributed by atoms with E-state index in [1.807, 2.05) is 0 Å².